The molecular weight excluding hydrogens is 330 g/mol. The Morgan fingerprint density at radius 1 is 1.42 bits per heavy atom. The molecule has 1 aromatic heterocycles. The molecule has 0 unspecified atom stereocenters. The van der Waals surface area contributed by atoms with E-state index < -0.39 is 0 Å². The van der Waals surface area contributed by atoms with Gasteiger partial charge in [0.2, 0.25) is 11.8 Å². The molecule has 1 N–H and O–H groups in total. The zero-order valence-corrected chi connectivity index (χ0v) is 12.9. The van der Waals surface area contributed by atoms with Gasteiger partial charge in [0.05, 0.1) is 5.02 Å². The number of anilines is 1. The average Bonchev–Trinajstić information content (AvgIpc) is 2.38. The fourth-order valence-corrected chi connectivity index (χ4v) is 1.93. The monoisotopic (exact) mass is 341 g/mol. The maximum atomic E-state index is 6.09. The van der Waals surface area contributed by atoms with Gasteiger partial charge in [-0.2, -0.15) is 4.98 Å². The van der Waals surface area contributed by atoms with E-state index in [9.17, 15) is 0 Å². The number of hydrogen-bond acceptors (Lipinski definition) is 4. The second-order valence-electron chi connectivity index (χ2n) is 3.89. The fraction of sp³-hybridized carbons (Fsp3) is 0.231. The quantitative estimate of drug-likeness (QED) is 0.893. The van der Waals surface area contributed by atoms with E-state index in [1.54, 1.807) is 18.3 Å². The standard InChI is InChI=1S/C13H13BrClN3O/c1-3-16-13-17-7-8(2)12(18-13)19-11-6-9(14)4-5-10(11)15/h4-7H,3H2,1-2H3,(H,16,17,18). The van der Waals surface area contributed by atoms with Gasteiger partial charge < -0.3 is 10.1 Å². The van der Waals surface area contributed by atoms with Gasteiger partial charge in [0.15, 0.2) is 0 Å². The third kappa shape index (κ3) is 3.58. The van der Waals surface area contributed by atoms with E-state index >= 15 is 0 Å². The Labute approximate surface area is 125 Å². The molecule has 0 aliphatic carbocycles. The van der Waals surface area contributed by atoms with Gasteiger partial charge in [-0.1, -0.05) is 27.5 Å². The van der Waals surface area contributed by atoms with Crippen LogP contribution in [0.4, 0.5) is 5.95 Å². The van der Waals surface area contributed by atoms with E-state index in [-0.39, 0.29) is 0 Å². The smallest absolute Gasteiger partial charge is 0.227 e. The Morgan fingerprint density at radius 3 is 2.95 bits per heavy atom. The molecule has 0 fully saturated rings. The summed E-state index contributed by atoms with van der Waals surface area (Å²) >= 11 is 9.48. The van der Waals surface area contributed by atoms with Gasteiger partial charge in [-0.05, 0) is 32.0 Å². The molecule has 0 saturated heterocycles. The lowest BCUT2D eigenvalue weighted by molar-refractivity contribution is 0.458. The van der Waals surface area contributed by atoms with Crippen LogP contribution in [-0.4, -0.2) is 16.5 Å². The number of benzene rings is 1. The molecule has 2 rings (SSSR count). The molecule has 6 heteroatoms. The Kier molecular flexibility index (Phi) is 4.61. The second kappa shape index (κ2) is 6.21. The molecule has 0 aliphatic rings. The van der Waals surface area contributed by atoms with Gasteiger partial charge in [0, 0.05) is 22.8 Å². The molecule has 0 spiro atoms. The van der Waals surface area contributed by atoms with Crippen molar-refractivity contribution in [1.29, 1.82) is 0 Å². The van der Waals surface area contributed by atoms with Crippen LogP contribution >= 0.6 is 27.5 Å². The van der Waals surface area contributed by atoms with Gasteiger partial charge in [0.1, 0.15) is 5.75 Å². The molecule has 0 bridgehead atoms. The summed E-state index contributed by atoms with van der Waals surface area (Å²) in [7, 11) is 0. The van der Waals surface area contributed by atoms with Crippen LogP contribution in [0.25, 0.3) is 0 Å². The number of ether oxygens (including phenoxy) is 1. The van der Waals surface area contributed by atoms with Crippen LogP contribution in [0, 0.1) is 6.92 Å². The highest BCUT2D eigenvalue weighted by atomic mass is 79.9. The molecule has 1 heterocycles. The van der Waals surface area contributed by atoms with E-state index in [1.807, 2.05) is 19.9 Å². The topological polar surface area (TPSA) is 47.0 Å². The maximum Gasteiger partial charge on any atom is 0.227 e. The van der Waals surface area contributed by atoms with E-state index in [0.29, 0.717) is 22.6 Å². The molecule has 1 aromatic carbocycles. The molecule has 4 nitrogen and oxygen atoms in total. The fourth-order valence-electron chi connectivity index (χ4n) is 1.43. The third-order valence-corrected chi connectivity index (χ3v) is 3.17. The number of rotatable bonds is 4. The average molecular weight is 343 g/mol. The highest BCUT2D eigenvalue weighted by Crippen LogP contribution is 2.32. The van der Waals surface area contributed by atoms with Gasteiger partial charge in [-0.25, -0.2) is 4.98 Å². The van der Waals surface area contributed by atoms with E-state index in [0.717, 1.165) is 16.6 Å². The zero-order valence-electron chi connectivity index (χ0n) is 10.6. The first-order chi connectivity index (χ1) is 9.10. The van der Waals surface area contributed by atoms with Crippen molar-refractivity contribution in [2.75, 3.05) is 11.9 Å². The van der Waals surface area contributed by atoms with Crippen molar-refractivity contribution >= 4 is 33.5 Å². The summed E-state index contributed by atoms with van der Waals surface area (Å²) in [5.74, 6) is 1.58. The van der Waals surface area contributed by atoms with Crippen LogP contribution in [0.5, 0.6) is 11.6 Å². The SMILES string of the molecule is CCNc1ncc(C)c(Oc2cc(Br)ccc2Cl)n1. The van der Waals surface area contributed by atoms with Crippen LogP contribution in [0.2, 0.25) is 5.02 Å². The van der Waals surface area contributed by atoms with E-state index in [2.05, 4.69) is 31.2 Å². The van der Waals surface area contributed by atoms with Crippen LogP contribution in [0.1, 0.15) is 12.5 Å². The van der Waals surface area contributed by atoms with Crippen LogP contribution < -0.4 is 10.1 Å². The lowest BCUT2D eigenvalue weighted by atomic mass is 10.3. The zero-order chi connectivity index (χ0) is 13.8. The third-order valence-electron chi connectivity index (χ3n) is 2.36. The molecule has 2 aromatic rings. The van der Waals surface area contributed by atoms with Crippen LogP contribution in [0.3, 0.4) is 0 Å². The van der Waals surface area contributed by atoms with Gasteiger partial charge in [-0.3, -0.25) is 0 Å². The predicted molar refractivity (Wildman–Crippen MR) is 80.2 cm³/mol. The van der Waals surface area contributed by atoms with Crippen molar-refractivity contribution in [3.8, 4) is 11.6 Å². The first-order valence-corrected chi connectivity index (χ1v) is 6.97. The summed E-state index contributed by atoms with van der Waals surface area (Å²) in [5.41, 5.74) is 0.845. The summed E-state index contributed by atoms with van der Waals surface area (Å²) in [4.78, 5) is 8.48. The number of aromatic nitrogens is 2. The largest absolute Gasteiger partial charge is 0.437 e. The first kappa shape index (κ1) is 14.1. The second-order valence-corrected chi connectivity index (χ2v) is 5.21. The predicted octanol–water partition coefficient (Wildman–Crippen LogP) is 4.43. The summed E-state index contributed by atoms with van der Waals surface area (Å²) in [6, 6.07) is 5.42. The minimum Gasteiger partial charge on any atom is -0.437 e. The van der Waals surface area contributed by atoms with E-state index in [1.165, 1.54) is 0 Å². The van der Waals surface area contributed by atoms with Gasteiger partial charge in [0.25, 0.3) is 0 Å². The van der Waals surface area contributed by atoms with Gasteiger partial charge in [-0.15, -0.1) is 0 Å². The molecule has 0 atom stereocenters. The summed E-state index contributed by atoms with van der Waals surface area (Å²) in [5, 5.41) is 3.58. The van der Waals surface area contributed by atoms with Crippen LogP contribution in [-0.2, 0) is 0 Å². The number of aryl methyl sites for hydroxylation is 1. The molecule has 100 valence electrons. The van der Waals surface area contributed by atoms with Crippen molar-refractivity contribution in [3.63, 3.8) is 0 Å². The van der Waals surface area contributed by atoms with Crippen molar-refractivity contribution in [1.82, 2.24) is 9.97 Å². The summed E-state index contributed by atoms with van der Waals surface area (Å²) in [6.45, 7) is 4.62. The molecule has 0 saturated carbocycles. The molecule has 0 aliphatic heterocycles. The number of nitrogens with zero attached hydrogens (tertiary/aromatic N) is 2. The number of halogens is 2. The molecule has 19 heavy (non-hydrogen) atoms. The molecule has 0 radical (unpaired) electrons. The summed E-state index contributed by atoms with van der Waals surface area (Å²) < 4.78 is 6.65. The van der Waals surface area contributed by atoms with Crippen molar-refractivity contribution in [2.24, 2.45) is 0 Å². The molecular formula is C13H13BrClN3O. The minimum absolute atomic E-state index is 0.492. The highest BCUT2D eigenvalue weighted by Gasteiger charge is 2.09. The normalized spacial score (nSPS) is 10.3. The number of nitrogens with one attached hydrogen (secondary N) is 1. The van der Waals surface area contributed by atoms with Crippen molar-refractivity contribution in [3.05, 3.63) is 39.5 Å². The first-order valence-electron chi connectivity index (χ1n) is 5.80. The molecule has 0 amide bonds. The Bertz CT molecular complexity index is 592. The van der Waals surface area contributed by atoms with Crippen molar-refractivity contribution < 1.29 is 4.74 Å². The Balaban J connectivity index is 2.31. The van der Waals surface area contributed by atoms with E-state index in [4.69, 9.17) is 16.3 Å². The maximum absolute atomic E-state index is 6.09. The lowest BCUT2D eigenvalue weighted by Gasteiger charge is -2.10. The Morgan fingerprint density at radius 2 is 2.21 bits per heavy atom. The van der Waals surface area contributed by atoms with Crippen LogP contribution in [0.15, 0.2) is 28.9 Å². The van der Waals surface area contributed by atoms with Crippen molar-refractivity contribution in [2.45, 2.75) is 13.8 Å². The highest BCUT2D eigenvalue weighted by molar-refractivity contribution is 9.10. The van der Waals surface area contributed by atoms with Gasteiger partial charge >= 0.3 is 0 Å². The number of hydrogen-bond donors (Lipinski definition) is 1. The summed E-state index contributed by atoms with van der Waals surface area (Å²) in [6.07, 6.45) is 1.71. The minimum atomic E-state index is 0.492. The lowest BCUT2D eigenvalue weighted by Crippen LogP contribution is -2.03. The Hall–Kier alpha value is -1.33.